The van der Waals surface area contributed by atoms with E-state index in [0.29, 0.717) is 0 Å². The van der Waals surface area contributed by atoms with Crippen molar-refractivity contribution in [2.45, 2.75) is 25.7 Å². The molecule has 0 radical (unpaired) electrons. The molecule has 0 amide bonds. The maximum Gasteiger partial charge on any atom is 0.125 e. The number of benzene rings is 2. The van der Waals surface area contributed by atoms with Gasteiger partial charge in [-0.05, 0) is 47.9 Å². The third kappa shape index (κ3) is 2.13. The summed E-state index contributed by atoms with van der Waals surface area (Å²) in [6.45, 7) is 0. The first-order valence-electron chi connectivity index (χ1n) is 6.59. The van der Waals surface area contributed by atoms with Crippen molar-refractivity contribution in [3.8, 4) is 5.75 Å². The summed E-state index contributed by atoms with van der Waals surface area (Å²) in [4.78, 5) is 0. The van der Waals surface area contributed by atoms with Gasteiger partial charge in [0, 0.05) is 0 Å². The number of hydrogen-bond donors (Lipinski definition) is 0. The molecule has 2 aromatic carbocycles. The first kappa shape index (κ1) is 11.3. The molecule has 0 aliphatic heterocycles. The molecule has 0 unspecified atom stereocenters. The van der Waals surface area contributed by atoms with Crippen LogP contribution in [0.2, 0.25) is 0 Å². The van der Waals surface area contributed by atoms with Crippen molar-refractivity contribution in [3.05, 3.63) is 64.7 Å². The van der Waals surface area contributed by atoms with E-state index < -0.39 is 0 Å². The predicted molar refractivity (Wildman–Crippen MR) is 74.3 cm³/mol. The lowest BCUT2D eigenvalue weighted by molar-refractivity contribution is 0.404. The second-order valence-corrected chi connectivity index (χ2v) is 4.93. The molecule has 4 bridgehead atoms. The van der Waals surface area contributed by atoms with Crippen molar-refractivity contribution in [1.29, 1.82) is 0 Å². The fraction of sp³-hybridized carbons (Fsp3) is 0.294. The van der Waals surface area contributed by atoms with Gasteiger partial charge >= 0.3 is 0 Å². The van der Waals surface area contributed by atoms with Crippen LogP contribution in [0.5, 0.6) is 5.75 Å². The van der Waals surface area contributed by atoms with Crippen LogP contribution in [0.3, 0.4) is 0 Å². The van der Waals surface area contributed by atoms with E-state index in [2.05, 4.69) is 42.5 Å². The van der Waals surface area contributed by atoms with Crippen molar-refractivity contribution >= 4 is 0 Å². The Balaban J connectivity index is 2.04. The van der Waals surface area contributed by atoms with E-state index in [0.717, 1.165) is 31.4 Å². The Kier molecular flexibility index (Phi) is 3.06. The maximum absolute atomic E-state index is 5.62. The minimum Gasteiger partial charge on any atom is -0.496 e. The second kappa shape index (κ2) is 4.85. The summed E-state index contributed by atoms with van der Waals surface area (Å²) < 4.78 is 5.62. The highest BCUT2D eigenvalue weighted by molar-refractivity contribution is 5.43. The quantitative estimate of drug-likeness (QED) is 0.738. The Labute approximate surface area is 108 Å². The van der Waals surface area contributed by atoms with Crippen LogP contribution >= 0.6 is 0 Å². The van der Waals surface area contributed by atoms with Crippen LogP contribution in [0, 0.1) is 0 Å². The van der Waals surface area contributed by atoms with E-state index in [9.17, 15) is 0 Å². The van der Waals surface area contributed by atoms with Crippen molar-refractivity contribution in [1.82, 2.24) is 0 Å². The normalized spacial score (nSPS) is 14.1. The summed E-state index contributed by atoms with van der Waals surface area (Å²) in [7, 11) is 1.79. The molecule has 0 saturated carbocycles. The molecule has 0 aromatic heterocycles. The van der Waals surface area contributed by atoms with Gasteiger partial charge in [-0.25, -0.2) is 0 Å². The van der Waals surface area contributed by atoms with Crippen LogP contribution in [0.1, 0.15) is 22.3 Å². The smallest absolute Gasteiger partial charge is 0.125 e. The molecule has 0 atom stereocenters. The zero-order valence-electron chi connectivity index (χ0n) is 10.8. The minimum absolute atomic E-state index is 1.05. The Hall–Kier alpha value is -1.76. The molecule has 0 heterocycles. The number of ether oxygens (including phenoxy) is 1. The van der Waals surface area contributed by atoms with Crippen LogP contribution in [0.15, 0.2) is 42.5 Å². The van der Waals surface area contributed by atoms with E-state index in [1.54, 1.807) is 7.11 Å². The Morgan fingerprint density at radius 3 is 1.67 bits per heavy atom. The number of aryl methyl sites for hydroxylation is 4. The third-order valence-electron chi connectivity index (χ3n) is 3.77. The van der Waals surface area contributed by atoms with Gasteiger partial charge in [0.2, 0.25) is 0 Å². The first-order chi connectivity index (χ1) is 8.86. The fourth-order valence-corrected chi connectivity index (χ4v) is 2.72. The summed E-state index contributed by atoms with van der Waals surface area (Å²) >= 11 is 0. The highest BCUT2D eigenvalue weighted by Crippen LogP contribution is 2.27. The Morgan fingerprint density at radius 2 is 1.22 bits per heavy atom. The molecule has 18 heavy (non-hydrogen) atoms. The van der Waals surface area contributed by atoms with Gasteiger partial charge in [0.1, 0.15) is 5.75 Å². The van der Waals surface area contributed by atoms with E-state index in [1.165, 1.54) is 22.3 Å². The van der Waals surface area contributed by atoms with Gasteiger partial charge in [-0.3, -0.25) is 0 Å². The van der Waals surface area contributed by atoms with E-state index in [-0.39, 0.29) is 0 Å². The molecular weight excluding hydrogens is 220 g/mol. The van der Waals surface area contributed by atoms with E-state index in [1.807, 2.05) is 0 Å². The number of hydrogen-bond acceptors (Lipinski definition) is 1. The largest absolute Gasteiger partial charge is 0.496 e. The van der Waals surface area contributed by atoms with Crippen molar-refractivity contribution in [2.24, 2.45) is 0 Å². The van der Waals surface area contributed by atoms with Gasteiger partial charge in [-0.15, -0.1) is 0 Å². The summed E-state index contributed by atoms with van der Waals surface area (Å²) in [5.41, 5.74) is 5.49. The second-order valence-electron chi connectivity index (χ2n) is 4.93. The van der Waals surface area contributed by atoms with Crippen molar-refractivity contribution < 1.29 is 4.74 Å². The van der Waals surface area contributed by atoms with E-state index in [4.69, 9.17) is 4.74 Å². The van der Waals surface area contributed by atoms with Gasteiger partial charge in [-0.2, -0.15) is 0 Å². The summed E-state index contributed by atoms with van der Waals surface area (Å²) in [6.07, 6.45) is 4.27. The molecule has 4 rings (SSSR count). The van der Waals surface area contributed by atoms with Gasteiger partial charge in [0.15, 0.2) is 0 Å². The van der Waals surface area contributed by atoms with Gasteiger partial charge in [0.25, 0.3) is 0 Å². The molecule has 1 nitrogen and oxygen atoms in total. The van der Waals surface area contributed by atoms with Crippen LogP contribution in [-0.2, 0) is 25.7 Å². The first-order valence-corrected chi connectivity index (χ1v) is 6.59. The van der Waals surface area contributed by atoms with Crippen LogP contribution in [0.4, 0.5) is 0 Å². The number of para-hydroxylation sites is 1. The van der Waals surface area contributed by atoms with Gasteiger partial charge in [-0.1, -0.05) is 42.5 Å². The summed E-state index contributed by atoms with van der Waals surface area (Å²) in [6, 6.07) is 15.6. The molecule has 2 aromatic rings. The minimum atomic E-state index is 1.05. The zero-order chi connectivity index (χ0) is 12.4. The highest BCUT2D eigenvalue weighted by atomic mass is 16.5. The Morgan fingerprint density at radius 1 is 0.722 bits per heavy atom. The molecule has 2 aliphatic carbocycles. The van der Waals surface area contributed by atoms with Crippen LogP contribution < -0.4 is 4.74 Å². The molecule has 1 heteroatoms. The van der Waals surface area contributed by atoms with Crippen molar-refractivity contribution in [3.63, 3.8) is 0 Å². The standard InChI is InChI=1S/C17H18O/c1-18-17-15-3-2-4-16(17)12-10-14-7-5-13(6-8-14)9-11-15/h2-8H,9-12H2,1H3. The number of methoxy groups -OCH3 is 1. The summed E-state index contributed by atoms with van der Waals surface area (Å²) in [5, 5.41) is 0. The molecule has 2 aliphatic rings. The molecule has 0 saturated heterocycles. The lowest BCUT2D eigenvalue weighted by atomic mass is 10.0. The van der Waals surface area contributed by atoms with E-state index >= 15 is 0 Å². The molecule has 0 spiro atoms. The Bertz CT molecular complexity index is 495. The average Bonchev–Trinajstić information content (AvgIpc) is 2.45. The zero-order valence-corrected chi connectivity index (χ0v) is 10.8. The number of fused-ring (bicyclic) bond motifs is 4. The van der Waals surface area contributed by atoms with Crippen molar-refractivity contribution in [2.75, 3.05) is 7.11 Å². The highest BCUT2D eigenvalue weighted by Gasteiger charge is 2.10. The van der Waals surface area contributed by atoms with Crippen LogP contribution in [-0.4, -0.2) is 7.11 Å². The SMILES string of the molecule is COc1c2cccc1CCc1ccc(cc1)CC2. The summed E-state index contributed by atoms with van der Waals surface area (Å²) in [5.74, 6) is 1.10. The fourth-order valence-electron chi connectivity index (χ4n) is 2.72. The van der Waals surface area contributed by atoms with Gasteiger partial charge in [0.05, 0.1) is 7.11 Å². The van der Waals surface area contributed by atoms with Gasteiger partial charge < -0.3 is 4.74 Å². The monoisotopic (exact) mass is 238 g/mol. The topological polar surface area (TPSA) is 9.23 Å². The molecule has 0 fully saturated rings. The van der Waals surface area contributed by atoms with Crippen LogP contribution in [0.25, 0.3) is 0 Å². The average molecular weight is 238 g/mol. The molecule has 92 valence electrons. The third-order valence-corrected chi connectivity index (χ3v) is 3.77. The number of rotatable bonds is 1. The maximum atomic E-state index is 5.62. The molecular formula is C17H18O. The lowest BCUT2D eigenvalue weighted by Crippen LogP contribution is -1.99. The predicted octanol–water partition coefficient (Wildman–Crippen LogP) is 3.58. The lowest BCUT2D eigenvalue weighted by Gasteiger charge is -2.12. The molecule has 0 N–H and O–H groups in total.